The minimum atomic E-state index is -1.32. The minimum absolute atomic E-state index is 0.322. The molecule has 2 aliphatic rings. The molecule has 5 rings (SSSR count). The van der Waals surface area contributed by atoms with Crippen LogP contribution >= 0.6 is 11.8 Å². The number of pyridine rings is 1. The summed E-state index contributed by atoms with van der Waals surface area (Å²) in [5, 5.41) is 12.0. The van der Waals surface area contributed by atoms with Gasteiger partial charge in [-0.15, -0.1) is 0 Å². The molecule has 3 aromatic rings. The number of aryl methyl sites for hydroxylation is 1. The first kappa shape index (κ1) is 33.0. The summed E-state index contributed by atoms with van der Waals surface area (Å²) in [5.41, 5.74) is 3.67. The topological polar surface area (TPSA) is 167 Å². The van der Waals surface area contributed by atoms with Gasteiger partial charge in [-0.05, 0) is 37.3 Å². The van der Waals surface area contributed by atoms with E-state index in [2.05, 4.69) is 11.1 Å². The summed E-state index contributed by atoms with van der Waals surface area (Å²) >= 11 is 1.04. The van der Waals surface area contributed by atoms with Crippen molar-refractivity contribution >= 4 is 46.5 Å². The van der Waals surface area contributed by atoms with Crippen molar-refractivity contribution in [2.45, 2.75) is 94.7 Å². The number of ether oxygens (including phenoxy) is 5. The number of H-pyrrole nitrogens is 1. The van der Waals surface area contributed by atoms with Crippen molar-refractivity contribution in [3.05, 3.63) is 47.3 Å². The van der Waals surface area contributed by atoms with Crippen molar-refractivity contribution in [3.63, 3.8) is 0 Å². The number of aromatic nitrogens is 2. The Morgan fingerprint density at radius 1 is 0.935 bits per heavy atom. The standard InChI is InChI=1S/C33H35N3O9S/c1-17(37)41-16-27-29(42-18(2)38)30(43-19(3)39)31(44-20(4)40)33(45-27)46-32-23(14-34)28(22-11-6-5-7-13-26(22)36-32)24-15-35-25-12-9-8-10-21(24)25/h8-10,12,15,27,29-31,33,35H,5-7,11,13,16H2,1-4H3/t27-,29+,30+,31-,33+/m1/s1. The number of nitrogens with zero attached hydrogens (tertiary/aromatic N) is 2. The lowest BCUT2D eigenvalue weighted by Gasteiger charge is -2.44. The Kier molecular flexibility index (Phi) is 10.3. The molecule has 1 aromatic carbocycles. The molecule has 0 saturated carbocycles. The highest BCUT2D eigenvalue weighted by Gasteiger charge is 2.53. The molecule has 0 spiro atoms. The molecular formula is C33H35N3O9S. The lowest BCUT2D eigenvalue weighted by atomic mass is 9.92. The molecular weight excluding hydrogens is 614 g/mol. The summed E-state index contributed by atoms with van der Waals surface area (Å²) in [4.78, 5) is 56.9. The fourth-order valence-electron chi connectivity index (χ4n) is 6.05. The van der Waals surface area contributed by atoms with Gasteiger partial charge in [0, 0.05) is 61.6 Å². The third-order valence-electron chi connectivity index (χ3n) is 7.84. The van der Waals surface area contributed by atoms with E-state index in [0.29, 0.717) is 17.0 Å². The van der Waals surface area contributed by atoms with Crippen LogP contribution in [0.25, 0.3) is 22.0 Å². The van der Waals surface area contributed by atoms with Gasteiger partial charge in [0.15, 0.2) is 23.7 Å². The molecule has 0 bridgehead atoms. The van der Waals surface area contributed by atoms with Gasteiger partial charge < -0.3 is 28.7 Å². The third-order valence-corrected chi connectivity index (χ3v) is 8.97. The summed E-state index contributed by atoms with van der Waals surface area (Å²) in [5.74, 6) is -2.75. The highest BCUT2D eigenvalue weighted by atomic mass is 32.2. The quantitative estimate of drug-likeness (QED) is 0.206. The molecule has 1 aliphatic heterocycles. The van der Waals surface area contributed by atoms with Crippen molar-refractivity contribution in [3.8, 4) is 17.2 Å². The zero-order valence-corrected chi connectivity index (χ0v) is 26.8. The smallest absolute Gasteiger partial charge is 0.303 e. The second kappa shape index (κ2) is 14.3. The van der Waals surface area contributed by atoms with E-state index in [0.717, 1.165) is 70.7 Å². The monoisotopic (exact) mass is 649 g/mol. The molecule has 1 aliphatic carbocycles. The number of thioether (sulfide) groups is 1. The van der Waals surface area contributed by atoms with E-state index in [1.165, 1.54) is 27.7 Å². The van der Waals surface area contributed by atoms with Crippen LogP contribution in [0.1, 0.15) is 63.8 Å². The summed E-state index contributed by atoms with van der Waals surface area (Å²) in [6.07, 6.45) is 1.29. The van der Waals surface area contributed by atoms with Gasteiger partial charge in [-0.25, -0.2) is 4.98 Å². The molecule has 0 amide bonds. The number of para-hydroxylation sites is 1. The summed E-state index contributed by atoms with van der Waals surface area (Å²) < 4.78 is 28.3. The summed E-state index contributed by atoms with van der Waals surface area (Å²) in [6.45, 7) is 4.39. The van der Waals surface area contributed by atoms with E-state index in [-0.39, 0.29) is 6.61 Å². The van der Waals surface area contributed by atoms with Crippen LogP contribution in [0.3, 0.4) is 0 Å². The molecule has 0 radical (unpaired) electrons. The van der Waals surface area contributed by atoms with Gasteiger partial charge >= 0.3 is 23.9 Å². The number of aromatic amines is 1. The van der Waals surface area contributed by atoms with Crippen LogP contribution in [-0.2, 0) is 55.7 Å². The second-order valence-electron chi connectivity index (χ2n) is 11.2. The van der Waals surface area contributed by atoms with Crippen molar-refractivity contribution in [1.82, 2.24) is 9.97 Å². The van der Waals surface area contributed by atoms with Crippen LogP contribution < -0.4 is 0 Å². The Balaban J connectivity index is 1.65. The molecule has 3 heterocycles. The molecule has 0 unspecified atom stereocenters. The Morgan fingerprint density at radius 2 is 1.61 bits per heavy atom. The molecule has 12 nitrogen and oxygen atoms in total. The van der Waals surface area contributed by atoms with Gasteiger partial charge in [0.25, 0.3) is 0 Å². The number of carbonyl (C=O) groups is 4. The zero-order valence-electron chi connectivity index (χ0n) is 26.0. The van der Waals surface area contributed by atoms with Crippen molar-refractivity contribution in [1.29, 1.82) is 5.26 Å². The second-order valence-corrected chi connectivity index (χ2v) is 12.3. The van der Waals surface area contributed by atoms with Gasteiger partial charge in [0.05, 0.1) is 5.56 Å². The predicted octanol–water partition coefficient (Wildman–Crippen LogP) is 4.55. The van der Waals surface area contributed by atoms with Crippen LogP contribution in [-0.4, -0.2) is 70.3 Å². The lowest BCUT2D eigenvalue weighted by molar-refractivity contribution is -0.237. The maximum absolute atomic E-state index is 12.4. The van der Waals surface area contributed by atoms with E-state index in [1.54, 1.807) is 0 Å². The highest BCUT2D eigenvalue weighted by Crippen LogP contribution is 2.44. The number of esters is 4. The van der Waals surface area contributed by atoms with Gasteiger partial charge in [0.2, 0.25) is 0 Å². The maximum Gasteiger partial charge on any atom is 0.303 e. The van der Waals surface area contributed by atoms with Crippen molar-refractivity contribution in [2.75, 3.05) is 6.61 Å². The van der Waals surface area contributed by atoms with E-state index in [4.69, 9.17) is 28.7 Å². The normalized spacial score (nSPS) is 22.5. The number of nitriles is 1. The first-order valence-electron chi connectivity index (χ1n) is 15.1. The Labute approximate surface area is 270 Å². The average molecular weight is 650 g/mol. The maximum atomic E-state index is 12.4. The largest absolute Gasteiger partial charge is 0.463 e. The molecule has 1 saturated heterocycles. The SMILES string of the molecule is CC(=O)OC[C@H]1O[C@@H](Sc2nc3c(c(-c4c[nH]c5ccccc45)c2C#N)CCCCC3)[C@H](OC(C)=O)[C@@H](OC(C)=O)[C@H]1OC(C)=O. The molecule has 1 N–H and O–H groups in total. The number of hydrogen-bond donors (Lipinski definition) is 1. The van der Waals surface area contributed by atoms with Crippen LogP contribution in [0.2, 0.25) is 0 Å². The number of hydrogen-bond acceptors (Lipinski definition) is 12. The highest BCUT2D eigenvalue weighted by molar-refractivity contribution is 7.99. The van der Waals surface area contributed by atoms with Gasteiger partial charge in [-0.1, -0.05) is 36.4 Å². The Morgan fingerprint density at radius 3 is 2.30 bits per heavy atom. The lowest BCUT2D eigenvalue weighted by Crippen LogP contribution is -2.61. The number of carbonyl (C=O) groups excluding carboxylic acids is 4. The predicted molar refractivity (Wildman–Crippen MR) is 165 cm³/mol. The first-order chi connectivity index (χ1) is 22.1. The number of nitrogens with one attached hydrogen (secondary N) is 1. The van der Waals surface area contributed by atoms with Crippen molar-refractivity contribution in [2.24, 2.45) is 0 Å². The average Bonchev–Trinajstić information content (AvgIpc) is 3.28. The van der Waals surface area contributed by atoms with E-state index in [9.17, 15) is 24.4 Å². The van der Waals surface area contributed by atoms with Crippen LogP contribution in [0.4, 0.5) is 0 Å². The zero-order chi connectivity index (χ0) is 33.0. The number of fused-ring (bicyclic) bond motifs is 2. The summed E-state index contributed by atoms with van der Waals surface area (Å²) in [6, 6.07) is 10.2. The van der Waals surface area contributed by atoms with E-state index >= 15 is 0 Å². The van der Waals surface area contributed by atoms with E-state index < -0.39 is 53.7 Å². The van der Waals surface area contributed by atoms with Gasteiger partial charge in [0.1, 0.15) is 23.8 Å². The Hall–Kier alpha value is -4.41. The number of benzene rings is 1. The first-order valence-corrected chi connectivity index (χ1v) is 15.9. The number of rotatable bonds is 8. The fraction of sp³-hybridized carbons (Fsp3) is 0.455. The molecule has 242 valence electrons. The molecule has 13 heteroatoms. The molecule has 5 atom stereocenters. The molecule has 2 aromatic heterocycles. The molecule has 1 fully saturated rings. The van der Waals surface area contributed by atoms with Crippen LogP contribution in [0.5, 0.6) is 0 Å². The van der Waals surface area contributed by atoms with Crippen molar-refractivity contribution < 1.29 is 42.9 Å². The van der Waals surface area contributed by atoms with Gasteiger partial charge in [-0.3, -0.25) is 19.2 Å². The van der Waals surface area contributed by atoms with Crippen LogP contribution in [0.15, 0.2) is 35.5 Å². The fourth-order valence-corrected chi connectivity index (χ4v) is 7.24. The summed E-state index contributed by atoms with van der Waals surface area (Å²) in [7, 11) is 0. The third kappa shape index (κ3) is 7.18. The Bertz CT molecular complexity index is 1700. The van der Waals surface area contributed by atoms with Gasteiger partial charge in [-0.2, -0.15) is 5.26 Å². The minimum Gasteiger partial charge on any atom is -0.463 e. The van der Waals surface area contributed by atoms with E-state index in [1.807, 2.05) is 30.5 Å². The molecule has 46 heavy (non-hydrogen) atoms. The van der Waals surface area contributed by atoms with Crippen LogP contribution in [0, 0.1) is 11.3 Å².